The molecule has 2 aromatic rings. The second kappa shape index (κ2) is 11.2. The molecule has 0 saturated carbocycles. The van der Waals surface area contributed by atoms with Gasteiger partial charge < -0.3 is 25.2 Å². The number of carbonyl (C=O) groups is 2. The summed E-state index contributed by atoms with van der Waals surface area (Å²) in [4.78, 5) is 25.4. The lowest BCUT2D eigenvalue weighted by atomic mass is 9.88. The molecule has 0 bridgehead atoms. The number of aliphatic hydroxyl groups is 1. The fourth-order valence-corrected chi connectivity index (χ4v) is 7.70. The molecule has 36 heavy (non-hydrogen) atoms. The van der Waals surface area contributed by atoms with E-state index in [0.717, 1.165) is 29.7 Å². The van der Waals surface area contributed by atoms with Gasteiger partial charge in [0.15, 0.2) is 21.3 Å². The van der Waals surface area contributed by atoms with Crippen LogP contribution in [0, 0.1) is 5.92 Å². The van der Waals surface area contributed by atoms with Crippen LogP contribution in [0.2, 0.25) is 0 Å². The average molecular weight is 537 g/mol. The first kappa shape index (κ1) is 26.4. The van der Waals surface area contributed by atoms with Gasteiger partial charge in [0, 0.05) is 23.0 Å². The normalized spacial score (nSPS) is 21.3. The van der Waals surface area contributed by atoms with E-state index in [1.165, 1.54) is 18.4 Å². The predicted octanol–water partition coefficient (Wildman–Crippen LogP) is 2.46. The van der Waals surface area contributed by atoms with E-state index in [-0.39, 0.29) is 36.6 Å². The molecule has 4 rings (SSSR count). The van der Waals surface area contributed by atoms with Crippen molar-refractivity contribution in [3.05, 3.63) is 39.8 Å². The fourth-order valence-electron chi connectivity index (χ4n) is 4.61. The highest BCUT2D eigenvalue weighted by Crippen LogP contribution is 2.40. The van der Waals surface area contributed by atoms with Crippen molar-refractivity contribution in [3.8, 4) is 11.5 Å². The number of carbonyl (C=O) groups excluding carboxylic acids is 2. The van der Waals surface area contributed by atoms with Crippen molar-refractivity contribution in [1.29, 1.82) is 0 Å². The molecule has 2 aliphatic rings. The lowest BCUT2D eigenvalue weighted by Crippen LogP contribution is -2.36. The molecule has 0 spiro atoms. The molecule has 1 aromatic carbocycles. The van der Waals surface area contributed by atoms with E-state index in [4.69, 9.17) is 9.47 Å². The highest BCUT2D eigenvalue weighted by Gasteiger charge is 2.32. The number of anilines is 1. The number of nitrogens with one attached hydrogen (secondary N) is 2. The summed E-state index contributed by atoms with van der Waals surface area (Å²) in [6.07, 6.45) is 2.93. The van der Waals surface area contributed by atoms with Crippen molar-refractivity contribution in [1.82, 2.24) is 5.32 Å². The van der Waals surface area contributed by atoms with Gasteiger partial charge in [0.25, 0.3) is 5.91 Å². The van der Waals surface area contributed by atoms with Crippen molar-refractivity contribution in [2.75, 3.05) is 37.1 Å². The Kier molecular flexibility index (Phi) is 8.21. The Morgan fingerprint density at radius 3 is 2.81 bits per heavy atom. The molecule has 1 aromatic heterocycles. The van der Waals surface area contributed by atoms with E-state index in [2.05, 4.69) is 17.6 Å². The Morgan fingerprint density at radius 2 is 2.11 bits per heavy atom. The maximum absolute atomic E-state index is 13.3. The van der Waals surface area contributed by atoms with Crippen molar-refractivity contribution < 1.29 is 32.6 Å². The lowest BCUT2D eigenvalue weighted by Gasteiger charge is -2.19. The summed E-state index contributed by atoms with van der Waals surface area (Å²) in [5.74, 6) is 1.13. The van der Waals surface area contributed by atoms with Gasteiger partial charge in [0.1, 0.15) is 24.0 Å². The number of hydrogen-bond acceptors (Lipinski definition) is 9. The van der Waals surface area contributed by atoms with Crippen LogP contribution in [-0.4, -0.2) is 69.6 Å². The summed E-state index contributed by atoms with van der Waals surface area (Å²) in [5, 5.41) is 17.4. The summed E-state index contributed by atoms with van der Waals surface area (Å²) in [6.45, 7) is 2.32. The van der Waals surface area contributed by atoms with Crippen LogP contribution in [0.25, 0.3) is 0 Å². The molecule has 3 unspecified atom stereocenters. The minimum Gasteiger partial charge on any atom is -0.493 e. The number of benzene rings is 1. The number of thiophene rings is 1. The van der Waals surface area contributed by atoms with Crippen molar-refractivity contribution in [3.63, 3.8) is 0 Å². The standard InChI is InChI=1S/C25H32N2O7S2/c1-15-3-5-19-22(9-15)35-25(23(19)24(30)27-17-7-8-36(31,32)14-17)26-11-18(29)13-34-20-6-4-16(12-28)10-21(20)33-2/h4,6,10,12,15,17-18,26,29H,3,5,7-9,11,13-14H2,1-2H3,(H,27,30). The van der Waals surface area contributed by atoms with Crippen molar-refractivity contribution in [2.45, 2.75) is 44.8 Å². The Morgan fingerprint density at radius 1 is 1.31 bits per heavy atom. The molecule has 3 N–H and O–H groups in total. The van der Waals surface area contributed by atoms with Gasteiger partial charge in [-0.2, -0.15) is 0 Å². The molecule has 0 radical (unpaired) electrons. The van der Waals surface area contributed by atoms with Crippen LogP contribution in [0.4, 0.5) is 5.00 Å². The van der Waals surface area contributed by atoms with Crippen LogP contribution in [0.15, 0.2) is 18.2 Å². The predicted molar refractivity (Wildman–Crippen MR) is 138 cm³/mol. The summed E-state index contributed by atoms with van der Waals surface area (Å²) < 4.78 is 34.6. The molecule has 1 fully saturated rings. The van der Waals surface area contributed by atoms with Gasteiger partial charge in [-0.3, -0.25) is 9.59 Å². The van der Waals surface area contributed by atoms with Gasteiger partial charge in [-0.1, -0.05) is 6.92 Å². The van der Waals surface area contributed by atoms with Gasteiger partial charge in [-0.25, -0.2) is 8.42 Å². The Bertz CT molecular complexity index is 1230. The first-order valence-corrected chi connectivity index (χ1v) is 14.7. The molecular formula is C25H32N2O7S2. The van der Waals surface area contributed by atoms with Crippen LogP contribution in [0.5, 0.6) is 11.5 Å². The molecule has 11 heteroatoms. The quantitative estimate of drug-likeness (QED) is 0.395. The Hall–Kier alpha value is -2.63. The van der Waals surface area contributed by atoms with E-state index < -0.39 is 15.9 Å². The number of aldehydes is 1. The molecule has 1 aliphatic heterocycles. The molecule has 196 valence electrons. The monoisotopic (exact) mass is 536 g/mol. The third-order valence-electron chi connectivity index (χ3n) is 6.56. The minimum absolute atomic E-state index is 0.0205. The lowest BCUT2D eigenvalue weighted by molar-refractivity contribution is 0.0940. The van der Waals surface area contributed by atoms with Gasteiger partial charge in [-0.05, 0) is 55.4 Å². The molecule has 1 aliphatic carbocycles. The molecule has 9 nitrogen and oxygen atoms in total. The molecule has 3 atom stereocenters. The first-order chi connectivity index (χ1) is 17.2. The molecule has 1 amide bonds. The van der Waals surface area contributed by atoms with Crippen LogP contribution in [-0.2, 0) is 22.7 Å². The average Bonchev–Trinajstić information content (AvgIpc) is 3.39. The van der Waals surface area contributed by atoms with Crippen molar-refractivity contribution in [2.24, 2.45) is 5.92 Å². The fraction of sp³-hybridized carbons (Fsp3) is 0.520. The van der Waals surface area contributed by atoms with Gasteiger partial charge in [0.05, 0.1) is 24.2 Å². The number of sulfone groups is 1. The maximum atomic E-state index is 13.3. The molecule has 2 heterocycles. The zero-order valence-electron chi connectivity index (χ0n) is 20.4. The second-order valence-electron chi connectivity index (χ2n) is 9.50. The second-order valence-corrected chi connectivity index (χ2v) is 12.8. The van der Waals surface area contributed by atoms with E-state index in [9.17, 15) is 23.1 Å². The zero-order valence-corrected chi connectivity index (χ0v) is 22.0. The number of amides is 1. The number of ether oxygens (including phenoxy) is 2. The Balaban J connectivity index is 1.43. The SMILES string of the molecule is COc1cc(C=O)ccc1OCC(O)CNc1sc2c(c1C(=O)NC1CCS(=O)(=O)C1)CCC(C)C2. The third-order valence-corrected chi connectivity index (χ3v) is 9.54. The smallest absolute Gasteiger partial charge is 0.254 e. The van der Waals surface area contributed by atoms with Crippen LogP contribution in [0.1, 0.15) is 50.9 Å². The highest BCUT2D eigenvalue weighted by atomic mass is 32.2. The largest absolute Gasteiger partial charge is 0.493 e. The summed E-state index contributed by atoms with van der Waals surface area (Å²) in [7, 11) is -1.63. The van der Waals surface area contributed by atoms with Gasteiger partial charge >= 0.3 is 0 Å². The number of hydrogen-bond donors (Lipinski definition) is 3. The number of rotatable bonds is 10. The van der Waals surface area contributed by atoms with Crippen LogP contribution in [0.3, 0.4) is 0 Å². The first-order valence-electron chi connectivity index (χ1n) is 12.0. The van der Waals surface area contributed by atoms with Gasteiger partial charge in [-0.15, -0.1) is 11.3 Å². The molecular weight excluding hydrogens is 504 g/mol. The topological polar surface area (TPSA) is 131 Å². The van der Waals surface area contributed by atoms with Gasteiger partial charge in [0.2, 0.25) is 0 Å². The third kappa shape index (κ3) is 6.19. The number of methoxy groups -OCH3 is 1. The minimum atomic E-state index is -3.11. The summed E-state index contributed by atoms with van der Waals surface area (Å²) >= 11 is 1.52. The summed E-state index contributed by atoms with van der Waals surface area (Å²) in [5.41, 5.74) is 2.04. The van der Waals surface area contributed by atoms with E-state index in [0.29, 0.717) is 46.3 Å². The maximum Gasteiger partial charge on any atom is 0.254 e. The van der Waals surface area contributed by atoms with E-state index >= 15 is 0 Å². The Labute approximate surface area is 215 Å². The molecule has 1 saturated heterocycles. The highest BCUT2D eigenvalue weighted by molar-refractivity contribution is 7.91. The van der Waals surface area contributed by atoms with Crippen LogP contribution >= 0.6 is 11.3 Å². The van der Waals surface area contributed by atoms with Crippen LogP contribution < -0.4 is 20.1 Å². The zero-order chi connectivity index (χ0) is 25.9. The van der Waals surface area contributed by atoms with E-state index in [1.54, 1.807) is 18.2 Å². The number of fused-ring (bicyclic) bond motifs is 1. The number of aliphatic hydroxyl groups excluding tert-OH is 1. The van der Waals surface area contributed by atoms with E-state index in [1.807, 2.05) is 0 Å². The summed E-state index contributed by atoms with van der Waals surface area (Å²) in [6, 6.07) is 4.40. The van der Waals surface area contributed by atoms with Crippen molar-refractivity contribution >= 4 is 38.4 Å².